The average molecular weight is 1510 g/mol. The summed E-state index contributed by atoms with van der Waals surface area (Å²) in [6.45, 7) is 18.0. The van der Waals surface area contributed by atoms with Gasteiger partial charge in [0.1, 0.15) is 23.1 Å². The molecule has 5 aromatic carbocycles. The van der Waals surface area contributed by atoms with Gasteiger partial charge in [0.15, 0.2) is 23.2 Å². The minimum absolute atomic E-state index is 0.0133. The third-order valence-electron chi connectivity index (χ3n) is 18.6. The number of imidazole rings is 1. The van der Waals surface area contributed by atoms with E-state index in [0.717, 1.165) is 101 Å². The molecule has 3 unspecified atom stereocenters. The number of nitrogens with zero attached hydrogens (tertiary/aromatic N) is 2. The molecule has 570 valence electrons. The smallest absolute Gasteiger partial charge is 0.300 e. The Kier molecular flexibility index (Phi) is 36.7. The van der Waals surface area contributed by atoms with Crippen molar-refractivity contribution in [1.82, 2.24) is 25.9 Å². The summed E-state index contributed by atoms with van der Waals surface area (Å²) < 4.78 is 21.9. The number of aromatic amines is 1. The van der Waals surface area contributed by atoms with Crippen molar-refractivity contribution < 1.29 is 57.6 Å². The number of H-pyrrole nitrogens is 1. The van der Waals surface area contributed by atoms with Gasteiger partial charge in [-0.15, -0.1) is 0 Å². The molecule has 6 aromatic rings. The number of carbonyl (C=O) groups is 7. The van der Waals surface area contributed by atoms with Gasteiger partial charge in [0.2, 0.25) is 0 Å². The predicted molar refractivity (Wildman–Crippen MR) is 416 cm³/mol. The number of ether oxygens (including phenoxy) is 4. The number of aromatic nitrogens is 2. The quantitative estimate of drug-likeness (QED) is 0.0142. The molecule has 3 amide bonds. The molecule has 9 rings (SSSR count). The number of carboxylic acids is 1. The number of methoxy groups -OCH3 is 1. The number of nitriles is 1. The maximum absolute atomic E-state index is 12.9. The van der Waals surface area contributed by atoms with Gasteiger partial charge in [0.05, 0.1) is 87.1 Å². The van der Waals surface area contributed by atoms with Crippen LogP contribution in [0.25, 0.3) is 11.0 Å². The molecule has 3 atom stereocenters. The average Bonchev–Trinajstić information content (AvgIpc) is 1.71. The monoisotopic (exact) mass is 1500 g/mol. The number of nitrogens with two attached hydrogens (primary N) is 2. The number of hydrogen-bond donors (Lipinski definition) is 8. The molecule has 0 spiro atoms. The van der Waals surface area contributed by atoms with Gasteiger partial charge in [-0.1, -0.05) is 79.8 Å². The number of Topliss-reactive ketones (excluding diaryl/α,β-unsaturated/α-hetero) is 3. The van der Waals surface area contributed by atoms with Gasteiger partial charge in [-0.2, -0.15) is 5.26 Å². The van der Waals surface area contributed by atoms with Crippen LogP contribution in [-0.4, -0.2) is 106 Å². The molecule has 3 aliphatic rings. The lowest BCUT2D eigenvalue weighted by molar-refractivity contribution is -0.134. The maximum atomic E-state index is 12.9. The van der Waals surface area contributed by atoms with Crippen LogP contribution in [0, 0.1) is 46.3 Å². The van der Waals surface area contributed by atoms with Gasteiger partial charge in [-0.25, -0.2) is 4.98 Å². The number of aliphatic carboxylic acids is 1. The van der Waals surface area contributed by atoms with Crippen LogP contribution in [-0.2, 0) is 23.9 Å². The first-order valence-electron chi connectivity index (χ1n) is 36.6. The first kappa shape index (κ1) is 86.9. The first-order chi connectivity index (χ1) is 49.9. The van der Waals surface area contributed by atoms with E-state index in [1.165, 1.54) is 7.11 Å². The van der Waals surface area contributed by atoms with Crippen molar-refractivity contribution in [3.63, 3.8) is 0 Å². The summed E-state index contributed by atoms with van der Waals surface area (Å²) in [7, 11) is 1.54. The fraction of sp³-hybridized carbons (Fsp3) is 0.506. The molecular formula is C81H108Cl3N9O12. The van der Waals surface area contributed by atoms with E-state index >= 15 is 0 Å². The lowest BCUT2D eigenvalue weighted by Crippen LogP contribution is -2.42. The molecule has 3 fully saturated rings. The van der Waals surface area contributed by atoms with Gasteiger partial charge >= 0.3 is 0 Å². The zero-order valence-electron chi connectivity index (χ0n) is 62.6. The van der Waals surface area contributed by atoms with Crippen LogP contribution < -0.4 is 41.6 Å². The number of benzene rings is 5. The van der Waals surface area contributed by atoms with Crippen LogP contribution in [0.3, 0.4) is 0 Å². The highest BCUT2D eigenvalue weighted by Crippen LogP contribution is 2.39. The van der Waals surface area contributed by atoms with Gasteiger partial charge < -0.3 is 56.5 Å². The van der Waals surface area contributed by atoms with Crippen molar-refractivity contribution in [1.29, 1.82) is 10.7 Å². The summed E-state index contributed by atoms with van der Waals surface area (Å²) in [6.07, 6.45) is 14.3. The predicted octanol–water partition coefficient (Wildman–Crippen LogP) is 17.3. The molecule has 1 heterocycles. The van der Waals surface area contributed by atoms with Crippen molar-refractivity contribution in [3.05, 3.63) is 141 Å². The molecule has 3 aliphatic carbocycles. The minimum atomic E-state index is -0.833. The summed E-state index contributed by atoms with van der Waals surface area (Å²) in [5.74, 6) is 3.16. The number of carboxylic acid groups (broad SMARTS) is 1. The molecule has 0 saturated heterocycles. The number of hydrogen-bond acceptors (Lipinski definition) is 16. The van der Waals surface area contributed by atoms with E-state index in [-0.39, 0.29) is 65.2 Å². The van der Waals surface area contributed by atoms with Crippen LogP contribution in [0.1, 0.15) is 228 Å². The molecule has 21 nitrogen and oxygen atoms in total. The van der Waals surface area contributed by atoms with Gasteiger partial charge in [-0.3, -0.25) is 39.0 Å². The Morgan fingerprint density at radius 2 is 0.886 bits per heavy atom. The molecule has 24 heteroatoms. The number of rotatable bonds is 26. The van der Waals surface area contributed by atoms with Gasteiger partial charge in [0.25, 0.3) is 23.7 Å². The Hall–Kier alpha value is -8.71. The Balaban J connectivity index is 0.000000263. The second-order valence-electron chi connectivity index (χ2n) is 27.8. The summed E-state index contributed by atoms with van der Waals surface area (Å²) in [6, 6.07) is 31.0. The van der Waals surface area contributed by atoms with Crippen molar-refractivity contribution in [2.45, 2.75) is 227 Å². The van der Waals surface area contributed by atoms with Crippen molar-refractivity contribution in [2.24, 2.45) is 29.6 Å². The van der Waals surface area contributed by atoms with Crippen LogP contribution in [0.2, 0.25) is 15.1 Å². The molecule has 10 N–H and O–H groups in total. The van der Waals surface area contributed by atoms with E-state index in [1.54, 1.807) is 66.7 Å². The lowest BCUT2D eigenvalue weighted by Gasteiger charge is -2.30. The van der Waals surface area contributed by atoms with Gasteiger partial charge in [-0.05, 0) is 234 Å². The van der Waals surface area contributed by atoms with E-state index in [9.17, 15) is 28.8 Å². The summed E-state index contributed by atoms with van der Waals surface area (Å²) in [4.78, 5) is 93.3. The highest BCUT2D eigenvalue weighted by Gasteiger charge is 2.33. The van der Waals surface area contributed by atoms with Crippen LogP contribution in [0.4, 0.5) is 11.4 Å². The Labute approximate surface area is 634 Å². The second-order valence-corrected chi connectivity index (χ2v) is 29.0. The minimum Gasteiger partial charge on any atom is -0.489 e. The molecule has 0 radical (unpaired) electrons. The number of halogens is 3. The SMILES string of the molecule is CC(=O)O.CCC(=O)C(CC1CCC(C#N)CC1)NC(=O)c1ccc(OC(C)C)c(Cl)c1.CCC(=O)C(CC1CCC(C(=N)OC)CC1)NC(=O)c1ccc(OC(C)C)c(Cl)c1.CCC(=O)C(CC1CCC(c2nc3ccccc3[nH]2)CC1)NC(=O)c1ccc(OC(C)C)c(Cl)c1.Nc1ccccc1N. The molecule has 0 bridgehead atoms. The van der Waals surface area contributed by atoms with E-state index < -0.39 is 24.1 Å². The Morgan fingerprint density at radius 3 is 1.19 bits per heavy atom. The lowest BCUT2D eigenvalue weighted by atomic mass is 9.78. The Morgan fingerprint density at radius 1 is 0.552 bits per heavy atom. The van der Waals surface area contributed by atoms with Crippen LogP contribution in [0.15, 0.2) is 103 Å². The number of amides is 3. The number of para-hydroxylation sites is 4. The highest BCUT2D eigenvalue weighted by atomic mass is 35.5. The standard InChI is InChI=1S/C28H34ClN3O3.C23H33ClN2O4.C22H29ClN2O3.C6H8N2.C2H4O2/c1-4-25(33)24(32-28(34)20-13-14-26(21(29)16-20)35-17(2)3)15-18-9-11-19(12-10-18)27-30-22-7-5-6-8-23(22)31-27;1-5-20(27)19(12-15-6-8-16(9-7-15)22(25)29-4)26-23(28)17-10-11-21(18(24)13-17)30-14(2)3;1-4-20(26)19(11-15-5-7-16(13-24)8-6-15)25-22(27)17-9-10-21(18(23)12-17)28-14(2)3;7-5-3-1-2-4-6(5)8;1-2(3)4/h5-8,13-14,16-19,24H,4,9-12,15H2,1-3H3,(H,30,31)(H,32,34);10-11,13-16,19,25H,5-9,12H2,1-4H3,(H,26,28);9-10,12,14-16,19H,4-8,11H2,1-3H3,(H,25,27);1-4H,7-8H2;1H3,(H,3,4). The summed E-state index contributed by atoms with van der Waals surface area (Å²) >= 11 is 18.8. The van der Waals surface area contributed by atoms with E-state index in [4.69, 9.17) is 90.8 Å². The number of nitrogens with one attached hydrogen (secondary N) is 5. The fourth-order valence-corrected chi connectivity index (χ4v) is 13.6. The van der Waals surface area contributed by atoms with Crippen molar-refractivity contribution >= 4 is 104 Å². The third-order valence-corrected chi connectivity index (χ3v) is 19.5. The van der Waals surface area contributed by atoms with E-state index in [0.29, 0.717) is 128 Å². The van der Waals surface area contributed by atoms with Crippen molar-refractivity contribution in [3.8, 4) is 23.3 Å². The molecular weight excluding hydrogens is 1400 g/mol. The number of anilines is 2. The molecule has 105 heavy (non-hydrogen) atoms. The zero-order valence-corrected chi connectivity index (χ0v) is 64.9. The number of nitrogen functional groups attached to an aromatic ring is 2. The second kappa shape index (κ2) is 44.3. The normalized spacial score (nSPS) is 18.3. The van der Waals surface area contributed by atoms with E-state index in [1.807, 2.05) is 92.6 Å². The fourth-order valence-electron chi connectivity index (χ4n) is 13.0. The van der Waals surface area contributed by atoms with Crippen LogP contribution in [0.5, 0.6) is 17.2 Å². The topological polar surface area (TPSA) is 341 Å². The first-order valence-corrected chi connectivity index (χ1v) is 37.7. The third kappa shape index (κ3) is 29.3. The largest absolute Gasteiger partial charge is 0.489 e. The van der Waals surface area contributed by atoms with Gasteiger partial charge in [0, 0.05) is 60.6 Å². The highest BCUT2D eigenvalue weighted by molar-refractivity contribution is 6.33. The van der Waals surface area contributed by atoms with Crippen LogP contribution >= 0.6 is 34.8 Å². The zero-order chi connectivity index (χ0) is 77.4. The molecule has 0 aliphatic heterocycles. The summed E-state index contributed by atoms with van der Waals surface area (Å²) in [5, 5.41) is 34.2. The summed E-state index contributed by atoms with van der Waals surface area (Å²) in [5.41, 5.74) is 15.4. The molecule has 3 saturated carbocycles. The van der Waals surface area contributed by atoms with Crippen molar-refractivity contribution in [2.75, 3.05) is 18.6 Å². The van der Waals surface area contributed by atoms with E-state index in [2.05, 4.69) is 33.1 Å². The number of carbonyl (C=O) groups excluding carboxylic acids is 6. The number of fused-ring (bicyclic) bond motifs is 1. The maximum Gasteiger partial charge on any atom is 0.300 e. The number of ketones is 3. The Bertz CT molecular complexity index is 3810. The molecule has 1 aromatic heterocycles.